The van der Waals surface area contributed by atoms with Crippen LogP contribution in [0.5, 0.6) is 0 Å². The van der Waals surface area contributed by atoms with E-state index in [9.17, 15) is 0 Å². The Morgan fingerprint density at radius 3 is 2.62 bits per heavy atom. The summed E-state index contributed by atoms with van der Waals surface area (Å²) >= 11 is 5.55. The van der Waals surface area contributed by atoms with Crippen LogP contribution in [0.4, 0.5) is 0 Å². The molecule has 1 saturated carbocycles. The van der Waals surface area contributed by atoms with Crippen molar-refractivity contribution in [1.29, 1.82) is 0 Å². The van der Waals surface area contributed by atoms with Gasteiger partial charge in [0.05, 0.1) is 19.3 Å². The summed E-state index contributed by atoms with van der Waals surface area (Å²) in [6, 6.07) is 0.420. The summed E-state index contributed by atoms with van der Waals surface area (Å²) in [5.74, 6) is 0. The van der Waals surface area contributed by atoms with Crippen LogP contribution in [0.2, 0.25) is 0 Å². The van der Waals surface area contributed by atoms with Crippen LogP contribution in [0, 0.1) is 0 Å². The summed E-state index contributed by atoms with van der Waals surface area (Å²) in [5, 5.41) is 8.33. The first-order chi connectivity index (χ1) is 10.3. The van der Waals surface area contributed by atoms with Crippen molar-refractivity contribution in [3.63, 3.8) is 0 Å². The number of halogens is 1. The number of rotatable bonds is 5. The topological polar surface area (TPSA) is 24.5 Å². The minimum absolute atomic E-state index is 0.267. The van der Waals surface area contributed by atoms with E-state index in [-0.39, 0.29) is 5.54 Å². The van der Waals surface area contributed by atoms with Gasteiger partial charge in [-0.25, -0.2) is 0 Å². The summed E-state index contributed by atoms with van der Waals surface area (Å²) in [7, 11) is 0. The minimum Gasteiger partial charge on any atom is -0.379 e. The van der Waals surface area contributed by atoms with Crippen molar-refractivity contribution in [2.24, 2.45) is 0 Å². The second-order valence-corrected chi connectivity index (χ2v) is 7.67. The zero-order valence-corrected chi connectivity index (χ0v) is 15.1. The van der Waals surface area contributed by atoms with Crippen molar-refractivity contribution < 1.29 is 4.74 Å². The molecule has 2 aliphatic rings. The third-order valence-electron chi connectivity index (χ3n) is 5.01. The van der Waals surface area contributed by atoms with Crippen molar-refractivity contribution >= 4 is 27.3 Å². The number of morpholine rings is 1. The van der Waals surface area contributed by atoms with Gasteiger partial charge < -0.3 is 10.1 Å². The molecule has 1 aromatic rings. The van der Waals surface area contributed by atoms with Gasteiger partial charge in [0.15, 0.2) is 0 Å². The number of thiophene rings is 1. The fourth-order valence-corrected chi connectivity index (χ4v) is 5.63. The third-order valence-corrected chi connectivity index (χ3v) is 6.76. The Morgan fingerprint density at radius 2 is 2.05 bits per heavy atom. The first-order valence-electron chi connectivity index (χ1n) is 8.05. The maximum atomic E-state index is 5.59. The zero-order chi connectivity index (χ0) is 14.7. The molecule has 118 valence electrons. The zero-order valence-electron chi connectivity index (χ0n) is 12.7. The Labute approximate surface area is 140 Å². The maximum Gasteiger partial charge on any atom is 0.0594 e. The molecule has 2 heterocycles. The first kappa shape index (κ1) is 15.9. The molecule has 3 nitrogen and oxygen atoms in total. The molecule has 0 amide bonds. The van der Waals surface area contributed by atoms with Crippen molar-refractivity contribution in [2.75, 3.05) is 32.8 Å². The summed E-state index contributed by atoms with van der Waals surface area (Å²) in [6.45, 7) is 7.14. The maximum absolute atomic E-state index is 5.59. The van der Waals surface area contributed by atoms with Crippen molar-refractivity contribution in [3.8, 4) is 0 Å². The third kappa shape index (κ3) is 3.08. The Kier molecular flexibility index (Phi) is 5.38. The normalized spacial score (nSPS) is 24.3. The van der Waals surface area contributed by atoms with Crippen LogP contribution >= 0.6 is 27.3 Å². The predicted molar refractivity (Wildman–Crippen MR) is 92.0 cm³/mol. The van der Waals surface area contributed by atoms with Gasteiger partial charge in [-0.2, -0.15) is 11.3 Å². The molecule has 0 bridgehead atoms. The Balaban J connectivity index is 1.94. The first-order valence-corrected chi connectivity index (χ1v) is 9.79. The fourth-order valence-electron chi connectivity index (χ4n) is 4.07. The predicted octanol–water partition coefficient (Wildman–Crippen LogP) is 3.81. The number of nitrogens with one attached hydrogen (secondary N) is 1. The van der Waals surface area contributed by atoms with Gasteiger partial charge in [-0.15, -0.1) is 0 Å². The lowest BCUT2D eigenvalue weighted by Gasteiger charge is -2.48. The molecule has 0 spiro atoms. The van der Waals surface area contributed by atoms with Gasteiger partial charge >= 0.3 is 0 Å². The van der Waals surface area contributed by atoms with Crippen LogP contribution in [0.3, 0.4) is 0 Å². The van der Waals surface area contributed by atoms with Gasteiger partial charge in [0.1, 0.15) is 0 Å². The highest BCUT2D eigenvalue weighted by molar-refractivity contribution is 9.10. The van der Waals surface area contributed by atoms with Crippen LogP contribution in [-0.2, 0) is 4.74 Å². The molecule has 1 saturated heterocycles. The molecule has 2 fully saturated rings. The van der Waals surface area contributed by atoms with E-state index in [1.54, 1.807) is 11.3 Å². The molecule has 0 radical (unpaired) electrons. The average molecular weight is 373 g/mol. The average Bonchev–Trinajstić information content (AvgIpc) is 3.16. The summed E-state index contributed by atoms with van der Waals surface area (Å²) in [4.78, 5) is 2.71. The monoisotopic (exact) mass is 372 g/mol. The Bertz CT molecular complexity index is 453. The van der Waals surface area contributed by atoms with Crippen LogP contribution in [0.1, 0.15) is 44.2 Å². The van der Waals surface area contributed by atoms with Crippen LogP contribution in [-0.4, -0.2) is 43.3 Å². The minimum atomic E-state index is 0.267. The second kappa shape index (κ2) is 7.09. The standard InChI is InChI=1S/C16H25BrN2OS/c1-2-18-15(13-11-21-12-14(13)17)16(5-3-4-6-16)19-7-9-20-10-8-19/h11-12,15,18H,2-10H2,1H3. The number of hydrogen-bond donors (Lipinski definition) is 1. The largest absolute Gasteiger partial charge is 0.379 e. The van der Waals surface area contributed by atoms with E-state index in [4.69, 9.17) is 4.74 Å². The molecule has 1 N–H and O–H groups in total. The summed E-state index contributed by atoms with van der Waals surface area (Å²) in [5.41, 5.74) is 1.71. The lowest BCUT2D eigenvalue weighted by atomic mass is 9.82. The number of hydrogen-bond acceptors (Lipinski definition) is 4. The van der Waals surface area contributed by atoms with Gasteiger partial charge in [0, 0.05) is 28.5 Å². The van der Waals surface area contributed by atoms with E-state index in [1.807, 2.05) is 0 Å². The smallest absolute Gasteiger partial charge is 0.0594 e. The quantitative estimate of drug-likeness (QED) is 0.850. The Morgan fingerprint density at radius 1 is 1.33 bits per heavy atom. The lowest BCUT2D eigenvalue weighted by molar-refractivity contribution is -0.0362. The lowest BCUT2D eigenvalue weighted by Crippen LogP contribution is -2.58. The van der Waals surface area contributed by atoms with Crippen molar-refractivity contribution in [2.45, 2.75) is 44.2 Å². The molecular formula is C16H25BrN2OS. The summed E-state index contributed by atoms with van der Waals surface area (Å²) < 4.78 is 6.85. The van der Waals surface area contributed by atoms with Gasteiger partial charge in [0.2, 0.25) is 0 Å². The van der Waals surface area contributed by atoms with E-state index in [1.165, 1.54) is 35.7 Å². The van der Waals surface area contributed by atoms with Crippen molar-refractivity contribution in [3.05, 3.63) is 20.8 Å². The molecule has 3 rings (SSSR count). The highest BCUT2D eigenvalue weighted by atomic mass is 79.9. The molecule has 1 unspecified atom stereocenters. The number of nitrogens with zero attached hydrogens (tertiary/aromatic N) is 1. The van der Waals surface area contributed by atoms with Crippen LogP contribution in [0.15, 0.2) is 15.2 Å². The molecule has 5 heteroatoms. The summed E-state index contributed by atoms with van der Waals surface area (Å²) in [6.07, 6.45) is 5.29. The highest BCUT2D eigenvalue weighted by Gasteiger charge is 2.47. The van der Waals surface area contributed by atoms with Gasteiger partial charge in [0.25, 0.3) is 0 Å². The van der Waals surface area contributed by atoms with Gasteiger partial charge in [-0.1, -0.05) is 19.8 Å². The number of ether oxygens (including phenoxy) is 1. The molecule has 21 heavy (non-hydrogen) atoms. The van der Waals surface area contributed by atoms with Crippen LogP contribution < -0.4 is 5.32 Å². The SMILES string of the molecule is CCNC(c1cscc1Br)C1(N2CCOCC2)CCCC1. The van der Waals surface area contributed by atoms with Crippen molar-refractivity contribution in [1.82, 2.24) is 10.2 Å². The van der Waals surface area contributed by atoms with Gasteiger partial charge in [-0.05, 0) is 46.3 Å². The number of likely N-dealkylation sites (N-methyl/N-ethyl adjacent to an activating group) is 1. The van der Waals surface area contributed by atoms with Gasteiger partial charge in [-0.3, -0.25) is 4.90 Å². The van der Waals surface area contributed by atoms with E-state index in [0.29, 0.717) is 6.04 Å². The molecule has 1 aliphatic heterocycles. The van der Waals surface area contributed by atoms with E-state index >= 15 is 0 Å². The molecule has 0 aromatic carbocycles. The van der Waals surface area contributed by atoms with E-state index in [2.05, 4.69) is 43.8 Å². The molecule has 1 aliphatic carbocycles. The Hall–Kier alpha value is 0.0600. The molecular weight excluding hydrogens is 348 g/mol. The van der Waals surface area contributed by atoms with Crippen LogP contribution in [0.25, 0.3) is 0 Å². The molecule has 1 aromatic heterocycles. The second-order valence-electron chi connectivity index (χ2n) is 6.08. The van der Waals surface area contributed by atoms with E-state index < -0.39 is 0 Å². The van der Waals surface area contributed by atoms with E-state index in [0.717, 1.165) is 32.8 Å². The highest BCUT2D eigenvalue weighted by Crippen LogP contribution is 2.46. The molecule has 1 atom stereocenters. The fraction of sp³-hybridized carbons (Fsp3) is 0.750.